The van der Waals surface area contributed by atoms with Crippen LogP contribution < -0.4 is 0 Å². The average Bonchev–Trinajstić information content (AvgIpc) is 3.90. The van der Waals surface area contributed by atoms with E-state index in [1.54, 1.807) is 11.1 Å². The van der Waals surface area contributed by atoms with Gasteiger partial charge in [0.15, 0.2) is 17.5 Å². The summed E-state index contributed by atoms with van der Waals surface area (Å²) in [6.45, 7) is 0. The third-order valence-corrected chi connectivity index (χ3v) is 13.6. The number of aromatic nitrogens is 4. The van der Waals surface area contributed by atoms with Crippen molar-refractivity contribution in [3.05, 3.63) is 169 Å². The molecule has 5 nitrogen and oxygen atoms in total. The van der Waals surface area contributed by atoms with E-state index in [0.717, 1.165) is 61.9 Å². The SMILES string of the molecule is c1ccc(-c2nc(-c3ccccc3)nc(-c3cccc4oc5ccc(-c6ccc7c(c6)c6cc8c(cc6n7-c6ccccc6)C6CC7CC8CC6C7)cc5c34)n2)cc1. The lowest BCUT2D eigenvalue weighted by molar-refractivity contribution is 0.297. The maximum atomic E-state index is 6.54. The molecular weight excluding hydrogens is 709 g/mol. The summed E-state index contributed by atoms with van der Waals surface area (Å²) in [5.74, 6) is 5.08. The molecule has 3 aliphatic carbocycles. The maximum Gasteiger partial charge on any atom is 0.164 e. The molecule has 58 heavy (non-hydrogen) atoms. The smallest absolute Gasteiger partial charge is 0.164 e. The summed E-state index contributed by atoms with van der Waals surface area (Å²) in [6, 6.07) is 56.2. The fraction of sp³-hybridized carbons (Fsp3) is 0.151. The molecule has 0 radical (unpaired) electrons. The lowest BCUT2D eigenvalue weighted by atomic mass is 9.69. The Bertz CT molecular complexity index is 3200. The molecule has 4 unspecified atom stereocenters. The lowest BCUT2D eigenvalue weighted by Crippen LogP contribution is -2.22. The molecule has 0 saturated heterocycles. The molecule has 0 spiro atoms. The van der Waals surface area contributed by atoms with Crippen molar-refractivity contribution in [2.45, 2.75) is 37.5 Å². The first-order valence-corrected chi connectivity index (χ1v) is 20.7. The molecule has 2 fully saturated rings. The van der Waals surface area contributed by atoms with Crippen molar-refractivity contribution in [3.8, 4) is 51.0 Å². The molecule has 4 atom stereocenters. The number of benzene rings is 7. The van der Waals surface area contributed by atoms with Gasteiger partial charge in [0.2, 0.25) is 0 Å². The van der Waals surface area contributed by atoms with E-state index in [0.29, 0.717) is 23.4 Å². The van der Waals surface area contributed by atoms with Crippen LogP contribution in [0.5, 0.6) is 0 Å². The third kappa shape index (κ3) is 4.86. The molecule has 3 bridgehead atoms. The van der Waals surface area contributed by atoms with Crippen LogP contribution in [0.15, 0.2) is 162 Å². The standard InChI is InChI=1S/C53H38N4O/c1-4-11-32(12-5-1)51-54-52(33-13-6-2-7-14-33)56-53(55-51)39-17-10-18-49-50(39)45-28-35(20-22-48(45)58-49)34-19-21-46-43(27-34)44-29-41-37-24-31-23-36(26-37)40(25-31)42(41)30-47(44)57(46)38-15-8-3-9-16-38/h1-22,27-31,36-37,40H,23-26H2. The van der Waals surface area contributed by atoms with Crippen molar-refractivity contribution >= 4 is 43.7 Å². The Balaban J connectivity index is 0.996. The minimum Gasteiger partial charge on any atom is -0.456 e. The lowest BCUT2D eigenvalue weighted by Gasteiger charge is -2.36. The van der Waals surface area contributed by atoms with Gasteiger partial charge in [-0.25, -0.2) is 15.0 Å². The second-order valence-electron chi connectivity index (χ2n) is 16.8. The monoisotopic (exact) mass is 746 g/mol. The Kier molecular flexibility index (Phi) is 6.85. The number of para-hydroxylation sites is 1. The van der Waals surface area contributed by atoms with Crippen LogP contribution in [-0.2, 0) is 0 Å². The fourth-order valence-electron chi connectivity index (χ4n) is 11.1. The molecule has 3 aliphatic rings. The minimum absolute atomic E-state index is 0.617. The summed E-state index contributed by atoms with van der Waals surface area (Å²) in [6.07, 6.45) is 5.54. The van der Waals surface area contributed by atoms with Crippen LogP contribution in [0.25, 0.3) is 94.7 Å². The van der Waals surface area contributed by atoms with Crippen molar-refractivity contribution < 1.29 is 4.42 Å². The van der Waals surface area contributed by atoms with Crippen molar-refractivity contribution in [2.75, 3.05) is 0 Å². The molecule has 5 heteroatoms. The number of nitrogens with zero attached hydrogens (tertiary/aromatic N) is 4. The normalized spacial score (nSPS) is 19.4. The van der Waals surface area contributed by atoms with Gasteiger partial charge in [0.05, 0.1) is 11.0 Å². The third-order valence-electron chi connectivity index (χ3n) is 13.6. The van der Waals surface area contributed by atoms with Crippen LogP contribution in [0.3, 0.4) is 0 Å². The van der Waals surface area contributed by atoms with Gasteiger partial charge >= 0.3 is 0 Å². The zero-order valence-electron chi connectivity index (χ0n) is 31.8. The fourth-order valence-corrected chi connectivity index (χ4v) is 11.1. The summed E-state index contributed by atoms with van der Waals surface area (Å²) < 4.78 is 9.04. The molecule has 0 aliphatic heterocycles. The Hall–Kier alpha value is -6.85. The first-order valence-electron chi connectivity index (χ1n) is 20.7. The number of fused-ring (bicyclic) bond motifs is 11. The van der Waals surface area contributed by atoms with Gasteiger partial charge in [0.25, 0.3) is 0 Å². The van der Waals surface area contributed by atoms with Gasteiger partial charge in [-0.3, -0.25) is 0 Å². The Morgan fingerprint density at radius 2 is 1.14 bits per heavy atom. The zero-order chi connectivity index (χ0) is 37.9. The number of furan rings is 1. The van der Waals surface area contributed by atoms with Gasteiger partial charge in [0.1, 0.15) is 11.2 Å². The molecule has 7 aromatic carbocycles. The average molecular weight is 747 g/mol. The minimum atomic E-state index is 0.617. The van der Waals surface area contributed by atoms with Gasteiger partial charge < -0.3 is 8.98 Å². The molecule has 3 aromatic heterocycles. The Morgan fingerprint density at radius 3 is 1.90 bits per heavy atom. The number of hydrogen-bond acceptors (Lipinski definition) is 4. The quantitative estimate of drug-likeness (QED) is 0.176. The van der Waals surface area contributed by atoms with Gasteiger partial charge in [-0.05, 0) is 126 Å². The van der Waals surface area contributed by atoms with Crippen LogP contribution >= 0.6 is 0 Å². The largest absolute Gasteiger partial charge is 0.456 e. The first-order chi connectivity index (χ1) is 28.7. The molecule has 10 aromatic rings. The number of rotatable bonds is 5. The second kappa shape index (κ2) is 12.3. The van der Waals surface area contributed by atoms with Gasteiger partial charge in [-0.15, -0.1) is 0 Å². The van der Waals surface area contributed by atoms with E-state index in [1.807, 2.05) is 72.8 Å². The predicted molar refractivity (Wildman–Crippen MR) is 234 cm³/mol. The molecule has 0 amide bonds. The van der Waals surface area contributed by atoms with Crippen LogP contribution in [-0.4, -0.2) is 19.5 Å². The van der Waals surface area contributed by atoms with Crippen molar-refractivity contribution in [3.63, 3.8) is 0 Å². The number of hydrogen-bond donors (Lipinski definition) is 0. The van der Waals surface area contributed by atoms with Crippen LogP contribution in [0, 0.1) is 11.8 Å². The highest BCUT2D eigenvalue weighted by atomic mass is 16.3. The zero-order valence-corrected chi connectivity index (χ0v) is 31.8. The van der Waals surface area contributed by atoms with Crippen molar-refractivity contribution in [1.82, 2.24) is 19.5 Å². The van der Waals surface area contributed by atoms with E-state index in [-0.39, 0.29) is 0 Å². The second-order valence-corrected chi connectivity index (χ2v) is 16.8. The molecule has 276 valence electrons. The summed E-state index contributed by atoms with van der Waals surface area (Å²) in [5.41, 5.74) is 13.8. The van der Waals surface area contributed by atoms with Gasteiger partial charge in [-0.1, -0.05) is 103 Å². The van der Waals surface area contributed by atoms with Gasteiger partial charge in [-0.2, -0.15) is 0 Å². The highest BCUT2D eigenvalue weighted by molar-refractivity contribution is 6.14. The first kappa shape index (κ1) is 32.3. The maximum absolute atomic E-state index is 6.54. The van der Waals surface area contributed by atoms with Crippen LogP contribution in [0.4, 0.5) is 0 Å². The topological polar surface area (TPSA) is 56.7 Å². The van der Waals surface area contributed by atoms with Crippen molar-refractivity contribution in [2.24, 2.45) is 11.8 Å². The van der Waals surface area contributed by atoms with E-state index >= 15 is 0 Å². The van der Waals surface area contributed by atoms with E-state index < -0.39 is 0 Å². The summed E-state index contributed by atoms with van der Waals surface area (Å²) in [5, 5.41) is 4.70. The van der Waals surface area contributed by atoms with E-state index in [9.17, 15) is 0 Å². The molecule has 13 rings (SSSR count). The summed E-state index contributed by atoms with van der Waals surface area (Å²) >= 11 is 0. The molecule has 3 heterocycles. The van der Waals surface area contributed by atoms with E-state index in [1.165, 1.54) is 58.7 Å². The molecule has 2 saturated carbocycles. The Labute approximate surface area is 335 Å². The van der Waals surface area contributed by atoms with Gasteiger partial charge in [0, 0.05) is 43.9 Å². The highest BCUT2D eigenvalue weighted by Gasteiger charge is 2.47. The highest BCUT2D eigenvalue weighted by Crippen LogP contribution is 2.61. The van der Waals surface area contributed by atoms with Crippen LogP contribution in [0.1, 0.15) is 48.6 Å². The summed E-state index contributed by atoms with van der Waals surface area (Å²) in [4.78, 5) is 15.1. The summed E-state index contributed by atoms with van der Waals surface area (Å²) in [7, 11) is 0. The Morgan fingerprint density at radius 1 is 0.466 bits per heavy atom. The predicted octanol–water partition coefficient (Wildman–Crippen LogP) is 13.5. The molecular formula is C53H38N4O. The van der Waals surface area contributed by atoms with Crippen LogP contribution in [0.2, 0.25) is 0 Å². The van der Waals surface area contributed by atoms with Crippen molar-refractivity contribution in [1.29, 1.82) is 0 Å². The van der Waals surface area contributed by atoms with E-state index in [4.69, 9.17) is 19.4 Å². The van der Waals surface area contributed by atoms with E-state index in [2.05, 4.69) is 89.5 Å². The molecule has 0 N–H and O–H groups in total.